The Morgan fingerprint density at radius 2 is 1.41 bits per heavy atom. The first kappa shape index (κ1) is 15.2. The van der Waals surface area contributed by atoms with Crippen LogP contribution in [-0.4, -0.2) is 14.7 Å². The van der Waals surface area contributed by atoms with Gasteiger partial charge < -0.3 is 9.67 Å². The molecule has 0 aliphatic carbocycles. The average Bonchev–Trinajstić information content (AvgIpc) is 2.81. The zero-order chi connectivity index (χ0) is 15.7. The molecular formula is C18H17IN2O. The molecule has 0 atom stereocenters. The van der Waals surface area contributed by atoms with Crippen LogP contribution in [0.15, 0.2) is 60.7 Å². The summed E-state index contributed by atoms with van der Waals surface area (Å²) in [5.74, 6) is 0.879. The summed E-state index contributed by atoms with van der Waals surface area (Å²) in [7, 11) is 1.94. The van der Waals surface area contributed by atoms with Crippen molar-refractivity contribution in [2.75, 3.05) is 0 Å². The Labute approximate surface area is 143 Å². The summed E-state index contributed by atoms with van der Waals surface area (Å²) in [6.45, 7) is 1.95. The van der Waals surface area contributed by atoms with Crippen molar-refractivity contribution in [3.63, 3.8) is 0 Å². The molecule has 1 N–H and O–H groups in total. The van der Waals surface area contributed by atoms with E-state index in [0.29, 0.717) is 0 Å². The summed E-state index contributed by atoms with van der Waals surface area (Å²) >= 11 is 2.19. The van der Waals surface area contributed by atoms with Crippen molar-refractivity contribution in [1.29, 1.82) is 0 Å². The van der Waals surface area contributed by atoms with E-state index in [4.69, 9.17) is 0 Å². The van der Waals surface area contributed by atoms with Crippen molar-refractivity contribution in [2.45, 2.75) is 12.5 Å². The summed E-state index contributed by atoms with van der Waals surface area (Å²) in [4.78, 5) is 4.52. The fourth-order valence-corrected chi connectivity index (χ4v) is 3.86. The maximum Gasteiger partial charge on any atom is 0.158 e. The minimum absolute atomic E-state index is 0.794. The van der Waals surface area contributed by atoms with Gasteiger partial charge in [0.1, 0.15) is 9.53 Å². The van der Waals surface area contributed by atoms with Crippen molar-refractivity contribution >= 4 is 22.6 Å². The van der Waals surface area contributed by atoms with Crippen molar-refractivity contribution in [3.8, 4) is 0 Å². The SMILES string of the molecule is Cc1nc(I)c(C(O)(c2ccccc2)c2ccccc2)n1C. The normalized spacial score (nSPS) is 11.6. The Morgan fingerprint density at radius 3 is 1.77 bits per heavy atom. The molecule has 0 spiro atoms. The lowest BCUT2D eigenvalue weighted by molar-refractivity contribution is 0.116. The molecule has 3 aromatic rings. The van der Waals surface area contributed by atoms with Gasteiger partial charge in [-0.15, -0.1) is 0 Å². The van der Waals surface area contributed by atoms with Gasteiger partial charge in [0.05, 0.1) is 5.69 Å². The smallest absolute Gasteiger partial charge is 0.158 e. The number of imidazole rings is 1. The summed E-state index contributed by atoms with van der Waals surface area (Å²) in [5, 5.41) is 11.7. The highest BCUT2D eigenvalue weighted by atomic mass is 127. The van der Waals surface area contributed by atoms with E-state index in [1.807, 2.05) is 79.2 Å². The molecule has 2 aromatic carbocycles. The Balaban J connectivity index is 2.34. The number of benzene rings is 2. The highest BCUT2D eigenvalue weighted by Gasteiger charge is 2.38. The van der Waals surface area contributed by atoms with E-state index < -0.39 is 5.60 Å². The van der Waals surface area contributed by atoms with Crippen LogP contribution >= 0.6 is 22.6 Å². The van der Waals surface area contributed by atoms with Gasteiger partial charge in [0.15, 0.2) is 5.60 Å². The van der Waals surface area contributed by atoms with Crippen LogP contribution < -0.4 is 0 Å². The zero-order valence-electron chi connectivity index (χ0n) is 12.5. The number of hydrogen-bond donors (Lipinski definition) is 1. The van der Waals surface area contributed by atoms with Crippen LogP contribution in [0.3, 0.4) is 0 Å². The predicted molar refractivity (Wildman–Crippen MR) is 95.6 cm³/mol. The van der Waals surface area contributed by atoms with Gasteiger partial charge in [0.2, 0.25) is 0 Å². The van der Waals surface area contributed by atoms with Gasteiger partial charge in [-0.1, -0.05) is 60.7 Å². The molecule has 3 nitrogen and oxygen atoms in total. The molecule has 0 aliphatic rings. The van der Waals surface area contributed by atoms with Crippen LogP contribution in [0, 0.1) is 10.6 Å². The summed E-state index contributed by atoms with van der Waals surface area (Å²) in [6.07, 6.45) is 0. The fraction of sp³-hybridized carbons (Fsp3) is 0.167. The second-order valence-electron chi connectivity index (χ2n) is 5.30. The third kappa shape index (κ3) is 2.36. The second kappa shape index (κ2) is 5.85. The van der Waals surface area contributed by atoms with Gasteiger partial charge in [-0.3, -0.25) is 0 Å². The maximum absolute atomic E-state index is 11.7. The zero-order valence-corrected chi connectivity index (χ0v) is 14.7. The predicted octanol–water partition coefficient (Wildman–Crippen LogP) is 3.62. The van der Waals surface area contributed by atoms with Crippen LogP contribution in [0.5, 0.6) is 0 Å². The van der Waals surface area contributed by atoms with Gasteiger partial charge in [-0.2, -0.15) is 0 Å². The highest BCUT2D eigenvalue weighted by Crippen LogP contribution is 2.38. The van der Waals surface area contributed by atoms with E-state index in [2.05, 4.69) is 27.6 Å². The molecule has 1 aromatic heterocycles. The van der Waals surface area contributed by atoms with Gasteiger partial charge in [-0.25, -0.2) is 4.98 Å². The lowest BCUT2D eigenvalue weighted by Crippen LogP contribution is -2.32. The van der Waals surface area contributed by atoms with Gasteiger partial charge in [0, 0.05) is 7.05 Å². The number of aliphatic hydroxyl groups is 1. The molecule has 22 heavy (non-hydrogen) atoms. The van der Waals surface area contributed by atoms with Gasteiger partial charge >= 0.3 is 0 Å². The van der Waals surface area contributed by atoms with Crippen LogP contribution in [0.25, 0.3) is 0 Å². The molecule has 0 saturated heterocycles. The minimum atomic E-state index is -1.23. The number of nitrogens with zero attached hydrogens (tertiary/aromatic N) is 2. The molecule has 0 bridgehead atoms. The molecule has 3 rings (SSSR count). The Kier molecular flexibility index (Phi) is 4.06. The van der Waals surface area contributed by atoms with Crippen LogP contribution in [0.2, 0.25) is 0 Å². The molecule has 0 unspecified atom stereocenters. The number of hydrogen-bond acceptors (Lipinski definition) is 2. The number of aryl methyl sites for hydroxylation is 1. The lowest BCUT2D eigenvalue weighted by atomic mass is 9.83. The Morgan fingerprint density at radius 1 is 0.955 bits per heavy atom. The van der Waals surface area contributed by atoms with E-state index in [0.717, 1.165) is 26.3 Å². The summed E-state index contributed by atoms with van der Waals surface area (Å²) in [5.41, 5.74) is 1.24. The van der Waals surface area contributed by atoms with Gasteiger partial charge in [-0.05, 0) is 40.6 Å². The molecule has 0 saturated carbocycles. The molecule has 0 amide bonds. The molecule has 0 aliphatic heterocycles. The average molecular weight is 404 g/mol. The van der Waals surface area contributed by atoms with E-state index in [9.17, 15) is 5.11 Å². The molecule has 4 heteroatoms. The molecule has 0 radical (unpaired) electrons. The first-order valence-corrected chi connectivity index (χ1v) is 8.15. The number of aromatic nitrogens is 2. The van der Waals surface area contributed by atoms with Crippen molar-refractivity contribution in [3.05, 3.63) is 87.0 Å². The summed E-state index contributed by atoms with van der Waals surface area (Å²) in [6, 6.07) is 19.5. The van der Waals surface area contributed by atoms with E-state index in [1.54, 1.807) is 0 Å². The Hall–Kier alpha value is -1.66. The first-order chi connectivity index (χ1) is 10.5. The monoisotopic (exact) mass is 404 g/mol. The van der Waals surface area contributed by atoms with E-state index >= 15 is 0 Å². The molecule has 112 valence electrons. The fourth-order valence-electron chi connectivity index (χ4n) is 2.76. The van der Waals surface area contributed by atoms with Crippen molar-refractivity contribution in [2.24, 2.45) is 7.05 Å². The van der Waals surface area contributed by atoms with Crippen LogP contribution in [0.4, 0.5) is 0 Å². The van der Waals surface area contributed by atoms with E-state index in [1.165, 1.54) is 0 Å². The largest absolute Gasteiger partial charge is 0.374 e. The van der Waals surface area contributed by atoms with Gasteiger partial charge in [0.25, 0.3) is 0 Å². The standard InChI is InChI=1S/C18H17IN2O/c1-13-20-17(19)16(21(13)2)18(22,14-9-5-3-6-10-14)15-11-7-4-8-12-15/h3-12,22H,1-2H3. The number of halogens is 1. The maximum atomic E-state index is 11.7. The molecule has 0 fully saturated rings. The van der Waals surface area contributed by atoms with Crippen LogP contribution in [-0.2, 0) is 12.6 Å². The van der Waals surface area contributed by atoms with Crippen molar-refractivity contribution in [1.82, 2.24) is 9.55 Å². The van der Waals surface area contributed by atoms with Crippen LogP contribution in [0.1, 0.15) is 22.6 Å². The topological polar surface area (TPSA) is 38.1 Å². The summed E-state index contributed by atoms with van der Waals surface area (Å²) < 4.78 is 2.77. The number of rotatable bonds is 3. The van der Waals surface area contributed by atoms with Crippen molar-refractivity contribution < 1.29 is 5.11 Å². The quantitative estimate of drug-likeness (QED) is 0.678. The third-order valence-corrected chi connectivity index (χ3v) is 4.75. The Bertz CT molecular complexity index is 742. The molecule has 1 heterocycles. The first-order valence-electron chi connectivity index (χ1n) is 7.08. The minimum Gasteiger partial charge on any atom is -0.374 e. The third-order valence-electron chi connectivity index (χ3n) is 4.00. The second-order valence-corrected chi connectivity index (χ2v) is 6.32. The lowest BCUT2D eigenvalue weighted by Gasteiger charge is -2.30. The highest BCUT2D eigenvalue weighted by molar-refractivity contribution is 14.1. The molecular weight excluding hydrogens is 387 g/mol. The van der Waals surface area contributed by atoms with E-state index in [-0.39, 0.29) is 0 Å².